The third-order valence-corrected chi connectivity index (χ3v) is 0.807. The summed E-state index contributed by atoms with van der Waals surface area (Å²) >= 11 is 0. The Bertz CT molecular complexity index is 101. The minimum atomic E-state index is -0.262. The second kappa shape index (κ2) is 3.18. The average Bonchev–Trinajstić information content (AvgIpc) is 1.69. The Hall–Kier alpha value is -0.860. The van der Waals surface area contributed by atoms with E-state index in [0.717, 1.165) is 4.90 Å². The summed E-state index contributed by atoms with van der Waals surface area (Å²) in [5.74, 6) is -0.262. The molecule has 8 heavy (non-hydrogen) atoms. The van der Waals surface area contributed by atoms with Crippen molar-refractivity contribution in [1.82, 2.24) is 4.90 Å². The van der Waals surface area contributed by atoms with Gasteiger partial charge in [-0.05, 0) is 6.92 Å². The quantitative estimate of drug-likeness (QED) is 0.471. The number of hydrogen-bond acceptors (Lipinski definition) is 2. The Morgan fingerprint density at radius 2 is 2.25 bits per heavy atom. The second-order valence-corrected chi connectivity index (χ2v) is 1.35. The SMILES string of the molecule is CCN([C]=O)C(C)=O. The van der Waals surface area contributed by atoms with Gasteiger partial charge in [0.1, 0.15) is 0 Å². The number of carbonyl (C=O) groups is 1. The second-order valence-electron chi connectivity index (χ2n) is 1.35. The minimum absolute atomic E-state index is 0.262. The summed E-state index contributed by atoms with van der Waals surface area (Å²) in [6.07, 6.45) is 1.48. The van der Waals surface area contributed by atoms with Crippen LogP contribution >= 0.6 is 0 Å². The van der Waals surface area contributed by atoms with Gasteiger partial charge in [0.2, 0.25) is 5.91 Å². The zero-order chi connectivity index (χ0) is 6.57. The molecule has 3 heteroatoms. The lowest BCUT2D eigenvalue weighted by molar-refractivity contribution is -0.124. The van der Waals surface area contributed by atoms with Gasteiger partial charge in [0.15, 0.2) is 0 Å². The highest BCUT2D eigenvalue weighted by Gasteiger charge is 2.01. The summed E-state index contributed by atoms with van der Waals surface area (Å²) in [5.41, 5.74) is 0. The Labute approximate surface area is 48.3 Å². The Morgan fingerprint density at radius 3 is 2.25 bits per heavy atom. The van der Waals surface area contributed by atoms with E-state index in [1.165, 1.54) is 13.3 Å². The summed E-state index contributed by atoms with van der Waals surface area (Å²) in [6, 6.07) is 0. The fraction of sp³-hybridized carbons (Fsp3) is 0.600. The number of amides is 2. The normalized spacial score (nSPS) is 8.25. The molecular weight excluding hydrogens is 106 g/mol. The molecule has 0 aliphatic rings. The molecule has 0 heterocycles. The molecule has 1 radical (unpaired) electrons. The maximum atomic E-state index is 10.3. The van der Waals surface area contributed by atoms with Crippen LogP contribution < -0.4 is 0 Å². The van der Waals surface area contributed by atoms with Crippen molar-refractivity contribution in [3.8, 4) is 0 Å². The van der Waals surface area contributed by atoms with E-state index in [1.54, 1.807) is 6.92 Å². The van der Waals surface area contributed by atoms with Crippen LogP contribution in [0, 0.1) is 0 Å². The molecule has 0 bridgehead atoms. The van der Waals surface area contributed by atoms with Gasteiger partial charge in [-0.25, -0.2) is 0 Å². The highest BCUT2D eigenvalue weighted by Crippen LogP contribution is 1.79. The molecular formula is C5H8NO2. The number of nitrogens with zero attached hydrogens (tertiary/aromatic N) is 1. The number of imide groups is 1. The summed E-state index contributed by atoms with van der Waals surface area (Å²) in [4.78, 5) is 21.0. The zero-order valence-corrected chi connectivity index (χ0v) is 4.97. The lowest BCUT2D eigenvalue weighted by Gasteiger charge is -2.05. The predicted octanol–water partition coefficient (Wildman–Crippen LogP) is -0.0780. The number of hydrogen-bond donors (Lipinski definition) is 0. The molecule has 0 saturated carbocycles. The first-order chi connectivity index (χ1) is 3.72. The van der Waals surface area contributed by atoms with E-state index in [9.17, 15) is 9.59 Å². The summed E-state index contributed by atoms with van der Waals surface area (Å²) in [5, 5.41) is 0. The lowest BCUT2D eigenvalue weighted by Crippen LogP contribution is -2.26. The monoisotopic (exact) mass is 114 g/mol. The van der Waals surface area contributed by atoms with E-state index in [2.05, 4.69) is 0 Å². The van der Waals surface area contributed by atoms with Gasteiger partial charge in [-0.15, -0.1) is 0 Å². The molecule has 0 aliphatic carbocycles. The highest BCUT2D eigenvalue weighted by molar-refractivity contribution is 5.84. The van der Waals surface area contributed by atoms with E-state index >= 15 is 0 Å². The largest absolute Gasteiger partial charge is 0.319 e. The van der Waals surface area contributed by atoms with Crippen LogP contribution in [0.1, 0.15) is 13.8 Å². The molecule has 0 fully saturated rings. The molecule has 0 aliphatic heterocycles. The van der Waals surface area contributed by atoms with Crippen LogP contribution in [0.2, 0.25) is 0 Å². The molecule has 0 aromatic carbocycles. The predicted molar refractivity (Wildman–Crippen MR) is 28.8 cm³/mol. The van der Waals surface area contributed by atoms with Gasteiger partial charge in [0.25, 0.3) is 0 Å². The number of carbonyl (C=O) groups excluding carboxylic acids is 2. The molecule has 0 saturated heterocycles. The molecule has 45 valence electrons. The Kier molecular flexibility index (Phi) is 2.84. The standard InChI is InChI=1S/C5H8NO2/c1-3-6(4-7)5(2)8/h3H2,1-2H3. The fourth-order valence-electron chi connectivity index (χ4n) is 0.351. The van der Waals surface area contributed by atoms with Crippen molar-refractivity contribution >= 4 is 12.3 Å². The van der Waals surface area contributed by atoms with E-state index in [0.29, 0.717) is 6.54 Å². The van der Waals surface area contributed by atoms with Gasteiger partial charge in [0.05, 0.1) is 0 Å². The van der Waals surface area contributed by atoms with E-state index in [1.807, 2.05) is 0 Å². The van der Waals surface area contributed by atoms with Crippen LogP contribution in [-0.4, -0.2) is 23.8 Å². The van der Waals surface area contributed by atoms with Crippen molar-refractivity contribution in [2.45, 2.75) is 13.8 Å². The van der Waals surface area contributed by atoms with Gasteiger partial charge in [0, 0.05) is 13.5 Å². The number of rotatable bonds is 2. The van der Waals surface area contributed by atoms with Gasteiger partial charge in [-0.3, -0.25) is 14.5 Å². The van der Waals surface area contributed by atoms with E-state index in [-0.39, 0.29) is 5.91 Å². The molecule has 0 spiro atoms. The first-order valence-electron chi connectivity index (χ1n) is 2.38. The molecule has 0 rings (SSSR count). The maximum absolute atomic E-state index is 10.3. The lowest BCUT2D eigenvalue weighted by atomic mass is 10.5. The van der Waals surface area contributed by atoms with E-state index in [4.69, 9.17) is 0 Å². The molecule has 0 aromatic rings. The van der Waals surface area contributed by atoms with Crippen molar-refractivity contribution in [3.63, 3.8) is 0 Å². The van der Waals surface area contributed by atoms with Crippen LogP contribution in [-0.2, 0) is 9.59 Å². The zero-order valence-electron chi connectivity index (χ0n) is 4.97. The van der Waals surface area contributed by atoms with Gasteiger partial charge >= 0.3 is 6.41 Å². The van der Waals surface area contributed by atoms with Crippen LogP contribution in [0.3, 0.4) is 0 Å². The summed E-state index contributed by atoms with van der Waals surface area (Å²) in [6.45, 7) is 3.44. The fourth-order valence-corrected chi connectivity index (χ4v) is 0.351. The molecule has 3 nitrogen and oxygen atoms in total. The molecule has 0 N–H and O–H groups in total. The minimum Gasteiger partial charge on any atom is -0.275 e. The third kappa shape index (κ3) is 1.73. The van der Waals surface area contributed by atoms with Crippen molar-refractivity contribution < 1.29 is 9.59 Å². The van der Waals surface area contributed by atoms with Crippen LogP contribution in [0.4, 0.5) is 0 Å². The van der Waals surface area contributed by atoms with Gasteiger partial charge in [-0.2, -0.15) is 0 Å². The van der Waals surface area contributed by atoms with Crippen LogP contribution in [0.25, 0.3) is 0 Å². The summed E-state index contributed by atoms with van der Waals surface area (Å²) in [7, 11) is 0. The van der Waals surface area contributed by atoms with Crippen molar-refractivity contribution in [2.75, 3.05) is 6.54 Å². The van der Waals surface area contributed by atoms with Crippen LogP contribution in [0.15, 0.2) is 0 Å². The van der Waals surface area contributed by atoms with Crippen molar-refractivity contribution in [3.05, 3.63) is 0 Å². The van der Waals surface area contributed by atoms with Gasteiger partial charge < -0.3 is 0 Å². The molecule has 0 unspecified atom stereocenters. The Balaban J connectivity index is 3.69. The third-order valence-electron chi connectivity index (χ3n) is 0.807. The highest BCUT2D eigenvalue weighted by atomic mass is 16.2. The smallest absolute Gasteiger partial charge is 0.275 e. The Morgan fingerprint density at radius 1 is 1.75 bits per heavy atom. The van der Waals surface area contributed by atoms with Gasteiger partial charge in [-0.1, -0.05) is 0 Å². The first kappa shape index (κ1) is 7.14. The maximum Gasteiger partial charge on any atom is 0.319 e. The molecule has 2 amide bonds. The topological polar surface area (TPSA) is 37.4 Å². The van der Waals surface area contributed by atoms with Crippen molar-refractivity contribution in [1.29, 1.82) is 0 Å². The van der Waals surface area contributed by atoms with E-state index < -0.39 is 0 Å². The molecule has 0 aromatic heterocycles. The van der Waals surface area contributed by atoms with Crippen molar-refractivity contribution in [2.24, 2.45) is 0 Å². The first-order valence-corrected chi connectivity index (χ1v) is 2.38. The summed E-state index contributed by atoms with van der Waals surface area (Å²) < 4.78 is 0. The molecule has 0 atom stereocenters. The average molecular weight is 114 g/mol. The van der Waals surface area contributed by atoms with Crippen LogP contribution in [0.5, 0.6) is 0 Å².